The van der Waals surface area contributed by atoms with Gasteiger partial charge in [-0.25, -0.2) is 0 Å². The molecule has 0 spiro atoms. The molecule has 3 nitrogen and oxygen atoms in total. The number of rotatable bonds is 3. The quantitative estimate of drug-likeness (QED) is 0.874. The number of fused-ring (bicyclic) bond motifs is 1. The van der Waals surface area contributed by atoms with Crippen molar-refractivity contribution in [2.24, 2.45) is 11.7 Å². The van der Waals surface area contributed by atoms with E-state index in [0.29, 0.717) is 5.52 Å². The Morgan fingerprint density at radius 3 is 2.67 bits per heavy atom. The topological polar surface area (TPSA) is 43.8 Å². The molecule has 7 heteroatoms. The summed E-state index contributed by atoms with van der Waals surface area (Å²) in [6.45, 7) is -0.396. The summed E-state index contributed by atoms with van der Waals surface area (Å²) in [5.74, 6) is -1.86. The van der Waals surface area contributed by atoms with E-state index in [0.717, 1.165) is 5.39 Å². The van der Waals surface area contributed by atoms with E-state index < -0.39 is 23.6 Å². The molecule has 0 aliphatic heterocycles. The summed E-state index contributed by atoms with van der Waals surface area (Å²) in [5, 5.41) is 4.71. The highest BCUT2D eigenvalue weighted by Gasteiger charge is 2.42. The van der Waals surface area contributed by atoms with Gasteiger partial charge in [-0.05, 0) is 6.07 Å². The number of alkyl halides is 3. The maximum atomic E-state index is 12.8. The van der Waals surface area contributed by atoms with E-state index in [1.807, 2.05) is 0 Å². The number of para-hydroxylation sites is 1. The van der Waals surface area contributed by atoms with Crippen LogP contribution in [-0.2, 0) is 6.54 Å². The van der Waals surface area contributed by atoms with Crippen molar-refractivity contribution < 1.29 is 13.2 Å². The van der Waals surface area contributed by atoms with Crippen LogP contribution >= 0.6 is 12.2 Å². The van der Waals surface area contributed by atoms with Crippen molar-refractivity contribution in [1.29, 1.82) is 0 Å². The molecule has 2 N–H and O–H groups in total. The van der Waals surface area contributed by atoms with E-state index in [1.165, 1.54) is 10.9 Å². The standard InChI is InChI=1S/C11H10F3N3S/c12-11(13,14)8(10(15)18)6-17-9-4-2-1-3-7(9)5-16-17/h1-5,8H,6H2,(H2,15,18). The second-order valence-corrected chi connectivity index (χ2v) is 4.35. The van der Waals surface area contributed by atoms with Gasteiger partial charge in [-0.15, -0.1) is 0 Å². The predicted octanol–water partition coefficient (Wildman–Crippen LogP) is 2.50. The van der Waals surface area contributed by atoms with Crippen LogP contribution in [0.15, 0.2) is 30.5 Å². The molecular weight excluding hydrogens is 263 g/mol. The van der Waals surface area contributed by atoms with Crippen molar-refractivity contribution in [1.82, 2.24) is 9.78 Å². The van der Waals surface area contributed by atoms with Crippen molar-refractivity contribution >= 4 is 28.1 Å². The molecule has 18 heavy (non-hydrogen) atoms. The zero-order valence-corrected chi connectivity index (χ0v) is 10.0. The Bertz CT molecular complexity index is 576. The Labute approximate surface area is 106 Å². The maximum absolute atomic E-state index is 12.8. The number of nitrogens with two attached hydrogens (primary N) is 1. The van der Waals surface area contributed by atoms with Crippen molar-refractivity contribution in [3.05, 3.63) is 30.5 Å². The number of hydrogen-bond donors (Lipinski definition) is 1. The van der Waals surface area contributed by atoms with E-state index in [-0.39, 0.29) is 0 Å². The lowest BCUT2D eigenvalue weighted by molar-refractivity contribution is -0.158. The summed E-state index contributed by atoms with van der Waals surface area (Å²) in [6, 6.07) is 7.02. The number of benzene rings is 1. The first-order valence-electron chi connectivity index (χ1n) is 5.16. The third-order valence-corrected chi connectivity index (χ3v) is 2.93. The first-order valence-corrected chi connectivity index (χ1v) is 5.57. The number of hydrogen-bond acceptors (Lipinski definition) is 2. The second kappa shape index (κ2) is 4.56. The Kier molecular flexibility index (Phi) is 3.25. The van der Waals surface area contributed by atoms with Crippen LogP contribution in [-0.4, -0.2) is 20.9 Å². The highest BCUT2D eigenvalue weighted by Crippen LogP contribution is 2.28. The van der Waals surface area contributed by atoms with E-state index in [9.17, 15) is 13.2 Å². The van der Waals surface area contributed by atoms with Gasteiger partial charge >= 0.3 is 6.18 Å². The number of halogens is 3. The molecule has 0 radical (unpaired) electrons. The zero-order valence-electron chi connectivity index (χ0n) is 9.19. The summed E-state index contributed by atoms with van der Waals surface area (Å²) in [4.78, 5) is -0.568. The average molecular weight is 273 g/mol. The molecule has 0 amide bonds. The largest absolute Gasteiger partial charge is 0.399 e. The van der Waals surface area contributed by atoms with Gasteiger partial charge in [0.1, 0.15) is 5.92 Å². The van der Waals surface area contributed by atoms with Gasteiger partial charge in [0.25, 0.3) is 0 Å². The normalized spacial score (nSPS) is 13.7. The van der Waals surface area contributed by atoms with E-state index in [1.54, 1.807) is 24.3 Å². The highest BCUT2D eigenvalue weighted by molar-refractivity contribution is 7.80. The summed E-state index contributed by atoms with van der Waals surface area (Å²) in [5.41, 5.74) is 5.78. The number of nitrogens with zero attached hydrogens (tertiary/aromatic N) is 2. The Hall–Kier alpha value is -1.63. The minimum absolute atomic E-state index is 0.396. The lowest BCUT2D eigenvalue weighted by Crippen LogP contribution is -2.37. The molecule has 0 fully saturated rings. The molecule has 1 aromatic carbocycles. The molecule has 2 aromatic rings. The van der Waals surface area contributed by atoms with Crippen LogP contribution in [0, 0.1) is 5.92 Å². The van der Waals surface area contributed by atoms with Crippen molar-refractivity contribution in [3.63, 3.8) is 0 Å². The minimum Gasteiger partial charge on any atom is -0.393 e. The summed E-state index contributed by atoms with van der Waals surface area (Å²) < 4.78 is 39.5. The zero-order chi connectivity index (χ0) is 13.3. The summed E-state index contributed by atoms with van der Waals surface area (Å²) >= 11 is 4.48. The van der Waals surface area contributed by atoms with Crippen LogP contribution < -0.4 is 5.73 Å². The van der Waals surface area contributed by atoms with Crippen LogP contribution in [0.4, 0.5) is 13.2 Å². The Morgan fingerprint density at radius 1 is 1.39 bits per heavy atom. The lowest BCUT2D eigenvalue weighted by Gasteiger charge is -2.19. The number of aromatic nitrogens is 2. The fourth-order valence-corrected chi connectivity index (χ4v) is 1.91. The van der Waals surface area contributed by atoms with Crippen LogP contribution in [0.2, 0.25) is 0 Å². The van der Waals surface area contributed by atoms with Gasteiger partial charge in [0.2, 0.25) is 0 Å². The summed E-state index contributed by atoms with van der Waals surface area (Å²) in [7, 11) is 0. The third-order valence-electron chi connectivity index (χ3n) is 2.65. The molecule has 1 unspecified atom stereocenters. The van der Waals surface area contributed by atoms with Crippen LogP contribution in [0.25, 0.3) is 10.9 Å². The molecule has 1 atom stereocenters. The fraction of sp³-hybridized carbons (Fsp3) is 0.273. The molecule has 0 bridgehead atoms. The monoisotopic (exact) mass is 273 g/mol. The minimum atomic E-state index is -4.46. The van der Waals surface area contributed by atoms with Gasteiger partial charge in [0.15, 0.2) is 0 Å². The molecule has 1 aromatic heterocycles. The number of thiocarbonyl (C=S) groups is 1. The molecule has 2 rings (SSSR count). The molecule has 1 heterocycles. The SMILES string of the molecule is NC(=S)C(Cn1ncc2ccccc21)C(F)(F)F. The predicted molar refractivity (Wildman–Crippen MR) is 66.1 cm³/mol. The van der Waals surface area contributed by atoms with Gasteiger partial charge in [0, 0.05) is 5.39 Å². The first-order chi connectivity index (χ1) is 8.39. The van der Waals surface area contributed by atoms with Crippen LogP contribution in [0.1, 0.15) is 0 Å². The van der Waals surface area contributed by atoms with E-state index in [2.05, 4.69) is 17.3 Å². The summed E-state index contributed by atoms with van der Waals surface area (Å²) in [6.07, 6.45) is -2.94. The van der Waals surface area contributed by atoms with Crippen molar-refractivity contribution in [2.45, 2.75) is 12.7 Å². The van der Waals surface area contributed by atoms with Crippen molar-refractivity contribution in [3.8, 4) is 0 Å². The van der Waals surface area contributed by atoms with Gasteiger partial charge in [-0.2, -0.15) is 18.3 Å². The fourth-order valence-electron chi connectivity index (χ4n) is 1.70. The Morgan fingerprint density at radius 2 is 2.06 bits per heavy atom. The molecule has 0 aliphatic rings. The van der Waals surface area contributed by atoms with E-state index in [4.69, 9.17) is 5.73 Å². The maximum Gasteiger partial charge on any atom is 0.399 e. The molecular formula is C11H10F3N3S. The molecule has 0 saturated heterocycles. The van der Waals surface area contributed by atoms with Gasteiger partial charge < -0.3 is 5.73 Å². The van der Waals surface area contributed by atoms with Crippen LogP contribution in [0.5, 0.6) is 0 Å². The van der Waals surface area contributed by atoms with Gasteiger partial charge in [0.05, 0.1) is 23.2 Å². The van der Waals surface area contributed by atoms with Gasteiger partial charge in [-0.1, -0.05) is 30.4 Å². The molecule has 0 saturated carbocycles. The average Bonchev–Trinajstić information content (AvgIpc) is 2.67. The second-order valence-electron chi connectivity index (χ2n) is 3.88. The molecule has 0 aliphatic carbocycles. The lowest BCUT2D eigenvalue weighted by atomic mass is 10.1. The van der Waals surface area contributed by atoms with Crippen LogP contribution in [0.3, 0.4) is 0 Å². The highest BCUT2D eigenvalue weighted by atomic mass is 32.1. The van der Waals surface area contributed by atoms with Gasteiger partial charge in [-0.3, -0.25) is 4.68 Å². The first kappa shape index (κ1) is 12.8. The smallest absolute Gasteiger partial charge is 0.393 e. The van der Waals surface area contributed by atoms with Crippen molar-refractivity contribution in [2.75, 3.05) is 0 Å². The molecule has 96 valence electrons. The third kappa shape index (κ3) is 2.45. The Balaban J connectivity index is 2.35. The van der Waals surface area contributed by atoms with E-state index >= 15 is 0 Å².